The Kier molecular flexibility index (Phi) is 6.06. The number of carbonyl (C=O) groups is 1. The number of benzene rings is 1. The van der Waals surface area contributed by atoms with Gasteiger partial charge >= 0.3 is 0 Å². The molecule has 0 saturated carbocycles. The summed E-state index contributed by atoms with van der Waals surface area (Å²) in [4.78, 5) is 13.0. The molecular formula is C13H18BrNOS. The summed E-state index contributed by atoms with van der Waals surface area (Å²) < 4.78 is 0.857. The summed E-state index contributed by atoms with van der Waals surface area (Å²) in [6.07, 6.45) is 4.11. The molecule has 0 spiro atoms. The van der Waals surface area contributed by atoms with Crippen molar-refractivity contribution in [2.75, 3.05) is 24.0 Å². The molecule has 0 aliphatic carbocycles. The average molecular weight is 316 g/mol. The Bertz CT molecular complexity index is 384. The lowest BCUT2D eigenvalue weighted by molar-refractivity contribution is 0.112. The summed E-state index contributed by atoms with van der Waals surface area (Å²) in [6, 6.07) is 6.39. The zero-order valence-corrected chi connectivity index (χ0v) is 12.8. The molecule has 2 nitrogen and oxygen atoms in total. The molecule has 94 valence electrons. The van der Waals surface area contributed by atoms with E-state index >= 15 is 0 Å². The average Bonchev–Trinajstić information content (AvgIpc) is 2.35. The molecule has 1 aromatic rings. The van der Waals surface area contributed by atoms with E-state index in [2.05, 4.69) is 41.1 Å². The molecule has 0 N–H and O–H groups in total. The molecule has 0 aliphatic heterocycles. The van der Waals surface area contributed by atoms with Crippen LogP contribution in [0.3, 0.4) is 0 Å². The van der Waals surface area contributed by atoms with Crippen molar-refractivity contribution >= 4 is 39.7 Å². The Morgan fingerprint density at radius 1 is 1.53 bits per heavy atom. The minimum atomic E-state index is 0.527. The summed E-state index contributed by atoms with van der Waals surface area (Å²) in [5.41, 5.74) is 1.84. The van der Waals surface area contributed by atoms with Crippen molar-refractivity contribution in [1.82, 2.24) is 0 Å². The zero-order chi connectivity index (χ0) is 12.8. The number of aldehydes is 1. The highest BCUT2D eigenvalue weighted by Gasteiger charge is 2.13. The molecule has 0 saturated heterocycles. The molecule has 0 radical (unpaired) electrons. The number of thioether (sulfide) groups is 1. The number of carbonyl (C=O) groups excluding carboxylic acids is 1. The Morgan fingerprint density at radius 3 is 2.71 bits per heavy atom. The molecule has 1 rings (SSSR count). The number of halogens is 1. The van der Waals surface area contributed by atoms with E-state index in [0.717, 1.165) is 28.6 Å². The van der Waals surface area contributed by atoms with Gasteiger partial charge in [0.1, 0.15) is 0 Å². The minimum Gasteiger partial charge on any atom is -0.371 e. The molecule has 1 aromatic carbocycles. The van der Waals surface area contributed by atoms with Gasteiger partial charge in [0, 0.05) is 34.6 Å². The molecular weight excluding hydrogens is 298 g/mol. The van der Waals surface area contributed by atoms with Crippen LogP contribution in [0.4, 0.5) is 5.69 Å². The van der Waals surface area contributed by atoms with Gasteiger partial charge in [-0.3, -0.25) is 4.79 Å². The maximum atomic E-state index is 10.8. The zero-order valence-electron chi connectivity index (χ0n) is 10.4. The maximum absolute atomic E-state index is 10.8. The van der Waals surface area contributed by atoms with Gasteiger partial charge in [-0.2, -0.15) is 11.8 Å². The Balaban J connectivity index is 2.91. The standard InChI is InChI=1S/C13H18BrNOS/c1-4-11(9-17-3)15(2)12-6-5-10(8-16)13(14)7-12/h5-8,11H,4,9H2,1-3H3. The molecule has 0 amide bonds. The fourth-order valence-corrected chi connectivity index (χ4v) is 3.04. The second kappa shape index (κ2) is 7.07. The van der Waals surface area contributed by atoms with Crippen molar-refractivity contribution in [2.24, 2.45) is 0 Å². The lowest BCUT2D eigenvalue weighted by atomic mass is 10.1. The van der Waals surface area contributed by atoms with Crippen LogP contribution in [0.5, 0.6) is 0 Å². The van der Waals surface area contributed by atoms with E-state index in [1.54, 1.807) is 0 Å². The topological polar surface area (TPSA) is 20.3 Å². The SMILES string of the molecule is CCC(CSC)N(C)c1ccc(C=O)c(Br)c1. The van der Waals surface area contributed by atoms with Crippen molar-refractivity contribution in [3.8, 4) is 0 Å². The van der Waals surface area contributed by atoms with Gasteiger partial charge in [0.25, 0.3) is 0 Å². The molecule has 17 heavy (non-hydrogen) atoms. The molecule has 0 fully saturated rings. The number of hydrogen-bond donors (Lipinski definition) is 0. The van der Waals surface area contributed by atoms with Crippen LogP contribution >= 0.6 is 27.7 Å². The van der Waals surface area contributed by atoms with Crippen molar-refractivity contribution in [2.45, 2.75) is 19.4 Å². The van der Waals surface area contributed by atoms with Gasteiger partial charge in [-0.25, -0.2) is 0 Å². The van der Waals surface area contributed by atoms with Crippen molar-refractivity contribution in [3.63, 3.8) is 0 Å². The summed E-state index contributed by atoms with van der Waals surface area (Å²) >= 11 is 5.28. The first-order chi connectivity index (χ1) is 8.13. The van der Waals surface area contributed by atoms with Gasteiger partial charge in [0.2, 0.25) is 0 Å². The first-order valence-corrected chi connectivity index (χ1v) is 7.79. The van der Waals surface area contributed by atoms with E-state index in [0.29, 0.717) is 11.6 Å². The van der Waals surface area contributed by atoms with Crippen molar-refractivity contribution in [3.05, 3.63) is 28.2 Å². The van der Waals surface area contributed by atoms with Gasteiger partial charge < -0.3 is 4.90 Å². The fraction of sp³-hybridized carbons (Fsp3) is 0.462. The second-order valence-electron chi connectivity index (χ2n) is 3.95. The summed E-state index contributed by atoms with van der Waals surface area (Å²) in [5, 5.41) is 0. The van der Waals surface area contributed by atoms with Crippen LogP contribution in [-0.2, 0) is 0 Å². The van der Waals surface area contributed by atoms with Crippen LogP contribution in [0, 0.1) is 0 Å². The highest BCUT2D eigenvalue weighted by atomic mass is 79.9. The number of nitrogens with zero attached hydrogens (tertiary/aromatic N) is 1. The predicted octanol–water partition coefficient (Wildman–Crippen LogP) is 3.84. The molecule has 1 unspecified atom stereocenters. The number of hydrogen-bond acceptors (Lipinski definition) is 3. The van der Waals surface area contributed by atoms with E-state index < -0.39 is 0 Å². The predicted molar refractivity (Wildman–Crippen MR) is 80.4 cm³/mol. The number of rotatable bonds is 6. The molecule has 0 bridgehead atoms. The van der Waals surface area contributed by atoms with E-state index in [1.807, 2.05) is 30.0 Å². The lowest BCUT2D eigenvalue weighted by Crippen LogP contribution is -2.33. The van der Waals surface area contributed by atoms with Crippen LogP contribution < -0.4 is 4.90 Å². The normalized spacial score (nSPS) is 12.2. The van der Waals surface area contributed by atoms with E-state index in [1.165, 1.54) is 0 Å². The molecule has 4 heteroatoms. The Morgan fingerprint density at radius 2 is 2.24 bits per heavy atom. The second-order valence-corrected chi connectivity index (χ2v) is 5.72. The highest BCUT2D eigenvalue weighted by molar-refractivity contribution is 9.10. The van der Waals surface area contributed by atoms with Crippen LogP contribution in [0.1, 0.15) is 23.7 Å². The van der Waals surface area contributed by atoms with Crippen LogP contribution in [0.15, 0.2) is 22.7 Å². The van der Waals surface area contributed by atoms with Crippen molar-refractivity contribution in [1.29, 1.82) is 0 Å². The Hall–Kier alpha value is -0.480. The molecule has 0 heterocycles. The third-order valence-corrected chi connectivity index (χ3v) is 4.30. The first-order valence-electron chi connectivity index (χ1n) is 5.60. The van der Waals surface area contributed by atoms with Crippen LogP contribution in [0.25, 0.3) is 0 Å². The molecule has 0 aliphatic rings. The van der Waals surface area contributed by atoms with E-state index in [9.17, 15) is 4.79 Å². The summed E-state index contributed by atoms with van der Waals surface area (Å²) in [7, 11) is 2.10. The Labute approximate surface area is 116 Å². The van der Waals surface area contributed by atoms with Crippen LogP contribution in [0.2, 0.25) is 0 Å². The monoisotopic (exact) mass is 315 g/mol. The van der Waals surface area contributed by atoms with Gasteiger partial charge in [-0.1, -0.05) is 6.92 Å². The first kappa shape index (κ1) is 14.6. The smallest absolute Gasteiger partial charge is 0.151 e. The quantitative estimate of drug-likeness (QED) is 0.744. The largest absolute Gasteiger partial charge is 0.371 e. The van der Waals surface area contributed by atoms with Gasteiger partial charge in [-0.05, 0) is 46.8 Å². The third-order valence-electron chi connectivity index (χ3n) is 2.90. The fourth-order valence-electron chi connectivity index (χ4n) is 1.74. The van der Waals surface area contributed by atoms with Crippen LogP contribution in [-0.4, -0.2) is 31.4 Å². The van der Waals surface area contributed by atoms with Gasteiger partial charge in [0.05, 0.1) is 0 Å². The highest BCUT2D eigenvalue weighted by Crippen LogP contribution is 2.25. The van der Waals surface area contributed by atoms with E-state index in [4.69, 9.17) is 0 Å². The van der Waals surface area contributed by atoms with Gasteiger partial charge in [-0.15, -0.1) is 0 Å². The summed E-state index contributed by atoms with van der Waals surface area (Å²) in [5.74, 6) is 1.11. The van der Waals surface area contributed by atoms with Crippen molar-refractivity contribution < 1.29 is 4.79 Å². The molecule has 1 atom stereocenters. The van der Waals surface area contributed by atoms with Gasteiger partial charge in [0.15, 0.2) is 6.29 Å². The maximum Gasteiger partial charge on any atom is 0.151 e. The minimum absolute atomic E-state index is 0.527. The summed E-state index contributed by atoms with van der Waals surface area (Å²) in [6.45, 7) is 2.20. The molecule has 0 aromatic heterocycles. The lowest BCUT2D eigenvalue weighted by Gasteiger charge is -2.29. The third kappa shape index (κ3) is 3.75. The number of anilines is 1. The van der Waals surface area contributed by atoms with E-state index in [-0.39, 0.29) is 0 Å².